The Kier molecular flexibility index (Phi) is 5.51. The van der Waals surface area contributed by atoms with Crippen molar-refractivity contribution in [1.29, 1.82) is 0 Å². The SMILES string of the molecule is CC(C)(C)[Si](C)(C)OC1=CCC=C(O[Si](C)(C)C(C)(C)C)C1. The van der Waals surface area contributed by atoms with E-state index in [0.717, 1.165) is 24.4 Å². The molecule has 0 unspecified atom stereocenters. The van der Waals surface area contributed by atoms with Gasteiger partial charge in [-0.15, -0.1) is 0 Å². The number of hydrogen-bond acceptors (Lipinski definition) is 2. The molecule has 0 aromatic carbocycles. The van der Waals surface area contributed by atoms with Crippen molar-refractivity contribution in [2.75, 3.05) is 0 Å². The van der Waals surface area contributed by atoms with Gasteiger partial charge in [-0.25, -0.2) is 0 Å². The van der Waals surface area contributed by atoms with Crippen molar-refractivity contribution in [1.82, 2.24) is 0 Å². The minimum Gasteiger partial charge on any atom is -0.546 e. The second-order valence-electron chi connectivity index (χ2n) is 9.48. The van der Waals surface area contributed by atoms with Gasteiger partial charge in [0, 0.05) is 0 Å². The molecule has 0 heterocycles. The van der Waals surface area contributed by atoms with Gasteiger partial charge in [0.1, 0.15) is 0 Å². The van der Waals surface area contributed by atoms with Gasteiger partial charge < -0.3 is 8.85 Å². The van der Waals surface area contributed by atoms with Crippen LogP contribution >= 0.6 is 0 Å². The quantitative estimate of drug-likeness (QED) is 0.537. The monoisotopic (exact) mass is 340 g/mol. The Morgan fingerprint density at radius 3 is 1.32 bits per heavy atom. The first-order valence-corrected chi connectivity index (χ1v) is 14.2. The lowest BCUT2D eigenvalue weighted by Crippen LogP contribution is -2.42. The molecule has 1 rings (SSSR count). The van der Waals surface area contributed by atoms with Crippen molar-refractivity contribution >= 4 is 16.6 Å². The molecule has 0 aromatic heterocycles. The van der Waals surface area contributed by atoms with Crippen LogP contribution in [0.2, 0.25) is 36.3 Å². The predicted octanol–water partition coefficient (Wildman–Crippen LogP) is 6.59. The van der Waals surface area contributed by atoms with E-state index in [2.05, 4.69) is 79.9 Å². The molecule has 0 N–H and O–H groups in total. The maximum absolute atomic E-state index is 6.47. The summed E-state index contributed by atoms with van der Waals surface area (Å²) in [5.41, 5.74) is 0. The first-order valence-electron chi connectivity index (χ1n) is 8.42. The topological polar surface area (TPSA) is 18.5 Å². The van der Waals surface area contributed by atoms with E-state index in [1.54, 1.807) is 0 Å². The van der Waals surface area contributed by atoms with Crippen molar-refractivity contribution in [3.05, 3.63) is 23.7 Å². The Morgan fingerprint density at radius 2 is 1.05 bits per heavy atom. The highest BCUT2D eigenvalue weighted by atomic mass is 28.4. The highest BCUT2D eigenvalue weighted by Gasteiger charge is 2.41. The molecule has 0 atom stereocenters. The molecule has 0 aromatic rings. The predicted molar refractivity (Wildman–Crippen MR) is 102 cm³/mol. The van der Waals surface area contributed by atoms with Crippen LogP contribution in [-0.2, 0) is 8.85 Å². The van der Waals surface area contributed by atoms with Gasteiger partial charge >= 0.3 is 0 Å². The molecule has 4 heteroatoms. The van der Waals surface area contributed by atoms with Crippen LogP contribution in [0.1, 0.15) is 54.4 Å². The molecule has 0 bridgehead atoms. The van der Waals surface area contributed by atoms with Crippen LogP contribution < -0.4 is 0 Å². The molecule has 128 valence electrons. The van der Waals surface area contributed by atoms with Gasteiger partial charge in [0.25, 0.3) is 0 Å². The third-order valence-corrected chi connectivity index (χ3v) is 14.2. The van der Waals surface area contributed by atoms with Gasteiger partial charge in [0.15, 0.2) is 0 Å². The lowest BCUT2D eigenvalue weighted by atomic mass is 10.1. The van der Waals surface area contributed by atoms with Crippen LogP contribution in [0, 0.1) is 0 Å². The minimum absolute atomic E-state index is 0.232. The smallest absolute Gasteiger partial charge is 0.250 e. The molecule has 0 saturated heterocycles. The van der Waals surface area contributed by atoms with E-state index in [-0.39, 0.29) is 10.1 Å². The summed E-state index contributed by atoms with van der Waals surface area (Å²) in [6, 6.07) is 0. The summed E-state index contributed by atoms with van der Waals surface area (Å²) in [6.07, 6.45) is 6.19. The van der Waals surface area contributed by atoms with E-state index in [9.17, 15) is 0 Å². The Hall–Kier alpha value is -0.486. The molecule has 1 aliphatic carbocycles. The highest BCUT2D eigenvalue weighted by molar-refractivity contribution is 6.74. The van der Waals surface area contributed by atoms with Crippen molar-refractivity contribution in [2.24, 2.45) is 0 Å². The summed E-state index contributed by atoms with van der Waals surface area (Å²) < 4.78 is 12.9. The fraction of sp³-hybridized carbons (Fsp3) is 0.778. The summed E-state index contributed by atoms with van der Waals surface area (Å²) >= 11 is 0. The van der Waals surface area contributed by atoms with Crippen molar-refractivity contribution in [2.45, 2.75) is 90.6 Å². The Labute approximate surface area is 140 Å². The zero-order valence-corrected chi connectivity index (χ0v) is 18.4. The fourth-order valence-corrected chi connectivity index (χ4v) is 3.99. The lowest BCUT2D eigenvalue weighted by molar-refractivity contribution is 0.321. The zero-order valence-electron chi connectivity index (χ0n) is 16.4. The largest absolute Gasteiger partial charge is 0.546 e. The van der Waals surface area contributed by atoms with E-state index in [1.807, 2.05) is 0 Å². The summed E-state index contributed by atoms with van der Waals surface area (Å²) in [5.74, 6) is 2.23. The second kappa shape index (κ2) is 6.19. The van der Waals surface area contributed by atoms with Crippen molar-refractivity contribution < 1.29 is 8.85 Å². The fourth-order valence-electron chi connectivity index (χ4n) is 1.76. The van der Waals surface area contributed by atoms with Crippen LogP contribution in [0.15, 0.2) is 23.7 Å². The number of hydrogen-bond donors (Lipinski definition) is 0. The maximum Gasteiger partial charge on any atom is 0.250 e. The van der Waals surface area contributed by atoms with E-state index >= 15 is 0 Å². The Morgan fingerprint density at radius 1 is 0.727 bits per heavy atom. The molecule has 0 aliphatic heterocycles. The lowest BCUT2D eigenvalue weighted by Gasteiger charge is -2.40. The van der Waals surface area contributed by atoms with Crippen LogP contribution in [0.4, 0.5) is 0 Å². The molecular formula is C18H36O2Si2. The van der Waals surface area contributed by atoms with Crippen LogP contribution in [0.25, 0.3) is 0 Å². The minimum atomic E-state index is -1.76. The highest BCUT2D eigenvalue weighted by Crippen LogP contribution is 2.41. The van der Waals surface area contributed by atoms with E-state index < -0.39 is 16.6 Å². The van der Waals surface area contributed by atoms with Crippen LogP contribution in [-0.4, -0.2) is 16.6 Å². The van der Waals surface area contributed by atoms with E-state index in [4.69, 9.17) is 8.85 Å². The first-order chi connectivity index (χ1) is 9.66. The maximum atomic E-state index is 6.47. The Balaban J connectivity index is 2.75. The van der Waals surface area contributed by atoms with Gasteiger partial charge in [0.2, 0.25) is 16.6 Å². The standard InChI is InChI=1S/C18H36O2Si2/c1-17(2,3)21(7,8)19-15-12-11-13-16(14-15)20-22(9,10)18(4,5)6/h12-13H,11,14H2,1-10H3. The van der Waals surface area contributed by atoms with Crippen molar-refractivity contribution in [3.8, 4) is 0 Å². The zero-order chi connectivity index (χ0) is 17.4. The normalized spacial score (nSPS) is 17.7. The molecular weight excluding hydrogens is 304 g/mol. The number of allylic oxidation sites excluding steroid dienone is 2. The molecule has 22 heavy (non-hydrogen) atoms. The molecule has 0 amide bonds. The van der Waals surface area contributed by atoms with Crippen molar-refractivity contribution in [3.63, 3.8) is 0 Å². The molecule has 0 radical (unpaired) electrons. The van der Waals surface area contributed by atoms with Crippen LogP contribution in [0.5, 0.6) is 0 Å². The van der Waals surface area contributed by atoms with Gasteiger partial charge in [-0.3, -0.25) is 0 Å². The van der Waals surface area contributed by atoms with Gasteiger partial charge in [-0.1, -0.05) is 41.5 Å². The summed E-state index contributed by atoms with van der Waals surface area (Å²) in [4.78, 5) is 0. The molecule has 1 aliphatic rings. The average molecular weight is 341 g/mol. The third kappa shape index (κ3) is 4.75. The third-order valence-electron chi connectivity index (χ3n) is 5.42. The van der Waals surface area contributed by atoms with Gasteiger partial charge in [-0.2, -0.15) is 0 Å². The number of rotatable bonds is 4. The van der Waals surface area contributed by atoms with Gasteiger partial charge in [-0.05, 0) is 54.8 Å². The average Bonchev–Trinajstić information content (AvgIpc) is 2.24. The summed E-state index contributed by atoms with van der Waals surface area (Å²) in [7, 11) is -3.51. The summed E-state index contributed by atoms with van der Waals surface area (Å²) in [6.45, 7) is 22.9. The first kappa shape index (κ1) is 19.6. The summed E-state index contributed by atoms with van der Waals surface area (Å²) in [5, 5.41) is 0.463. The van der Waals surface area contributed by atoms with E-state index in [1.165, 1.54) is 0 Å². The molecule has 2 nitrogen and oxygen atoms in total. The molecule has 0 fully saturated rings. The second-order valence-corrected chi connectivity index (χ2v) is 18.9. The Bertz CT molecular complexity index is 418. The molecule has 0 saturated carbocycles. The van der Waals surface area contributed by atoms with Crippen LogP contribution in [0.3, 0.4) is 0 Å². The molecule has 0 spiro atoms. The van der Waals surface area contributed by atoms with Gasteiger partial charge in [0.05, 0.1) is 17.9 Å². The van der Waals surface area contributed by atoms with E-state index in [0.29, 0.717) is 0 Å².